The lowest BCUT2D eigenvalue weighted by Crippen LogP contribution is -2.39. The van der Waals surface area contributed by atoms with Gasteiger partial charge < -0.3 is 9.47 Å². The van der Waals surface area contributed by atoms with Crippen LogP contribution in [-0.4, -0.2) is 41.0 Å². The van der Waals surface area contributed by atoms with E-state index in [2.05, 4.69) is 9.84 Å². The third-order valence-electron chi connectivity index (χ3n) is 4.31. The van der Waals surface area contributed by atoms with Crippen molar-refractivity contribution in [3.63, 3.8) is 0 Å². The Balaban J connectivity index is 1.94. The third-order valence-corrected chi connectivity index (χ3v) is 4.31. The monoisotopic (exact) mass is 407 g/mol. The molecular weight excluding hydrogens is 386 g/mol. The molecular formula is C22H21N3O5. The number of hydrogen-bond donors (Lipinski definition) is 1. The summed E-state index contributed by atoms with van der Waals surface area (Å²) in [5.41, 5.74) is 3.13. The average molecular weight is 407 g/mol. The van der Waals surface area contributed by atoms with Crippen LogP contribution in [0.25, 0.3) is 16.9 Å². The summed E-state index contributed by atoms with van der Waals surface area (Å²) in [6, 6.07) is 16.9. The highest BCUT2D eigenvalue weighted by Crippen LogP contribution is 2.25. The second-order valence-corrected chi connectivity index (χ2v) is 6.57. The summed E-state index contributed by atoms with van der Waals surface area (Å²) in [6.07, 6.45) is -0.581. The molecule has 0 spiro atoms. The smallest absolute Gasteiger partial charge is 0.413 e. The molecule has 0 aliphatic heterocycles. The second kappa shape index (κ2) is 9.04. The van der Waals surface area contributed by atoms with E-state index in [1.165, 1.54) is 6.92 Å². The number of nitrogens with zero attached hydrogens (tertiary/aromatic N) is 2. The Morgan fingerprint density at radius 2 is 1.80 bits per heavy atom. The van der Waals surface area contributed by atoms with Gasteiger partial charge in [0, 0.05) is 11.8 Å². The average Bonchev–Trinajstić information content (AvgIpc) is 3.20. The molecule has 1 N–H and O–H groups in total. The molecule has 1 heterocycles. The first-order chi connectivity index (χ1) is 14.4. The normalized spacial score (nSPS) is 11.4. The van der Waals surface area contributed by atoms with Crippen molar-refractivity contribution in [3.8, 4) is 16.9 Å². The topological polar surface area (TPSA) is 99.5 Å². The van der Waals surface area contributed by atoms with Crippen LogP contribution >= 0.6 is 0 Å². The molecule has 0 unspecified atom stereocenters. The van der Waals surface area contributed by atoms with E-state index in [9.17, 15) is 14.4 Å². The highest BCUT2D eigenvalue weighted by molar-refractivity contribution is 5.99. The predicted octanol–water partition coefficient (Wildman–Crippen LogP) is 3.28. The molecule has 1 atom stereocenters. The number of alkyl carbamates (subject to hydrolysis) is 1. The Bertz CT molecular complexity index is 1080. The summed E-state index contributed by atoms with van der Waals surface area (Å²) >= 11 is 0. The highest BCUT2D eigenvalue weighted by Gasteiger charge is 2.25. The van der Waals surface area contributed by atoms with Gasteiger partial charge in [-0.15, -0.1) is 0 Å². The minimum atomic E-state index is -1.21. The first-order valence-corrected chi connectivity index (χ1v) is 9.21. The van der Waals surface area contributed by atoms with Crippen molar-refractivity contribution in [3.05, 3.63) is 71.9 Å². The third kappa shape index (κ3) is 4.72. The molecule has 0 bridgehead atoms. The lowest BCUT2D eigenvalue weighted by Gasteiger charge is -2.12. The predicted molar refractivity (Wildman–Crippen MR) is 109 cm³/mol. The standard InChI is InChI=1S/C22H21N3O5/c1-14-8-7-9-16(12-14)19-18(13-25(24-19)17-10-5-4-6-11-17)21(27)30-15(2)20(26)23-22(28)29-3/h4-13,15H,1-3H3,(H,23,26,28)/t15-/m1/s1. The summed E-state index contributed by atoms with van der Waals surface area (Å²) < 4.78 is 11.2. The molecule has 0 aliphatic rings. The van der Waals surface area contributed by atoms with Crippen LogP contribution in [0.5, 0.6) is 0 Å². The number of para-hydroxylation sites is 1. The first-order valence-electron chi connectivity index (χ1n) is 9.21. The molecule has 3 rings (SSSR count). The van der Waals surface area contributed by atoms with Gasteiger partial charge >= 0.3 is 12.1 Å². The maximum Gasteiger partial charge on any atom is 0.413 e. The lowest BCUT2D eigenvalue weighted by molar-refractivity contribution is -0.128. The number of aryl methyl sites for hydroxylation is 1. The van der Waals surface area contributed by atoms with Crippen LogP contribution in [0.15, 0.2) is 60.8 Å². The highest BCUT2D eigenvalue weighted by atomic mass is 16.6. The minimum Gasteiger partial charge on any atom is -0.453 e. The number of rotatable bonds is 5. The van der Waals surface area contributed by atoms with Crippen LogP contribution in [0, 0.1) is 6.92 Å². The SMILES string of the molecule is COC(=O)NC(=O)[C@@H](C)OC(=O)c1cn(-c2ccccc2)nc1-c1cccc(C)c1. The maximum absolute atomic E-state index is 12.9. The van der Waals surface area contributed by atoms with Gasteiger partial charge in [0.1, 0.15) is 11.3 Å². The van der Waals surface area contributed by atoms with Gasteiger partial charge in [0.15, 0.2) is 6.10 Å². The molecule has 154 valence electrons. The van der Waals surface area contributed by atoms with Crippen LogP contribution in [-0.2, 0) is 14.3 Å². The van der Waals surface area contributed by atoms with Crippen LogP contribution in [0.2, 0.25) is 0 Å². The lowest BCUT2D eigenvalue weighted by atomic mass is 10.1. The summed E-state index contributed by atoms with van der Waals surface area (Å²) in [7, 11) is 1.13. The molecule has 0 radical (unpaired) electrons. The van der Waals surface area contributed by atoms with Gasteiger partial charge in [-0.1, -0.05) is 42.0 Å². The molecule has 8 heteroatoms. The van der Waals surface area contributed by atoms with E-state index in [0.717, 1.165) is 23.9 Å². The summed E-state index contributed by atoms with van der Waals surface area (Å²) in [6.45, 7) is 3.30. The zero-order chi connectivity index (χ0) is 21.7. The number of ether oxygens (including phenoxy) is 2. The van der Waals surface area contributed by atoms with Gasteiger partial charge in [-0.2, -0.15) is 5.10 Å². The van der Waals surface area contributed by atoms with Crippen molar-refractivity contribution in [2.24, 2.45) is 0 Å². The van der Waals surface area contributed by atoms with Gasteiger partial charge in [-0.3, -0.25) is 10.1 Å². The van der Waals surface area contributed by atoms with Gasteiger partial charge in [0.2, 0.25) is 0 Å². The zero-order valence-corrected chi connectivity index (χ0v) is 16.8. The fourth-order valence-corrected chi connectivity index (χ4v) is 2.77. The number of carbonyl (C=O) groups is 3. The number of benzene rings is 2. The number of hydrogen-bond acceptors (Lipinski definition) is 6. The number of esters is 1. The molecule has 0 saturated heterocycles. The molecule has 3 aromatic rings. The number of methoxy groups -OCH3 is 1. The van der Waals surface area contributed by atoms with E-state index in [1.54, 1.807) is 10.9 Å². The Kier molecular flexibility index (Phi) is 6.26. The number of aromatic nitrogens is 2. The molecule has 30 heavy (non-hydrogen) atoms. The van der Waals surface area contributed by atoms with E-state index in [0.29, 0.717) is 5.69 Å². The quantitative estimate of drug-likeness (QED) is 0.652. The summed E-state index contributed by atoms with van der Waals surface area (Å²) in [5, 5.41) is 6.54. The molecule has 0 saturated carbocycles. The van der Waals surface area contributed by atoms with Crippen LogP contribution in [0.4, 0.5) is 4.79 Å². The fourth-order valence-electron chi connectivity index (χ4n) is 2.77. The van der Waals surface area contributed by atoms with E-state index >= 15 is 0 Å². The second-order valence-electron chi connectivity index (χ2n) is 6.57. The molecule has 2 aromatic carbocycles. The van der Waals surface area contributed by atoms with E-state index in [4.69, 9.17) is 4.74 Å². The van der Waals surface area contributed by atoms with E-state index < -0.39 is 24.1 Å². The Morgan fingerprint density at radius 1 is 1.07 bits per heavy atom. The molecule has 0 fully saturated rings. The van der Waals surface area contributed by atoms with Crippen LogP contribution in [0.3, 0.4) is 0 Å². The largest absolute Gasteiger partial charge is 0.453 e. The zero-order valence-electron chi connectivity index (χ0n) is 16.8. The number of amides is 2. The number of imide groups is 1. The molecule has 2 amide bonds. The van der Waals surface area contributed by atoms with E-state index in [-0.39, 0.29) is 5.56 Å². The molecule has 1 aromatic heterocycles. The molecule has 8 nitrogen and oxygen atoms in total. The first kappa shape index (κ1) is 20.8. The minimum absolute atomic E-state index is 0.196. The summed E-state index contributed by atoms with van der Waals surface area (Å²) in [5.74, 6) is -1.52. The van der Waals surface area contributed by atoms with Gasteiger partial charge in [-0.25, -0.2) is 14.3 Å². The van der Waals surface area contributed by atoms with Crippen molar-refractivity contribution in [2.75, 3.05) is 7.11 Å². The van der Waals surface area contributed by atoms with Crippen molar-refractivity contribution >= 4 is 18.0 Å². The van der Waals surface area contributed by atoms with Gasteiger partial charge in [-0.05, 0) is 32.0 Å². The maximum atomic E-state index is 12.9. The van der Waals surface area contributed by atoms with Crippen molar-refractivity contribution in [2.45, 2.75) is 20.0 Å². The van der Waals surface area contributed by atoms with Crippen molar-refractivity contribution in [1.29, 1.82) is 0 Å². The summed E-state index contributed by atoms with van der Waals surface area (Å²) in [4.78, 5) is 36.1. The van der Waals surface area contributed by atoms with Crippen molar-refractivity contribution < 1.29 is 23.9 Å². The van der Waals surface area contributed by atoms with Crippen LogP contribution < -0.4 is 5.32 Å². The van der Waals surface area contributed by atoms with Gasteiger partial charge in [0.05, 0.1) is 12.8 Å². The Labute approximate surface area is 173 Å². The number of carbonyl (C=O) groups excluding carboxylic acids is 3. The molecule has 0 aliphatic carbocycles. The number of nitrogens with one attached hydrogen (secondary N) is 1. The van der Waals surface area contributed by atoms with E-state index in [1.807, 2.05) is 66.8 Å². The van der Waals surface area contributed by atoms with Crippen molar-refractivity contribution in [1.82, 2.24) is 15.1 Å². The fraction of sp³-hybridized carbons (Fsp3) is 0.182. The van der Waals surface area contributed by atoms with Crippen LogP contribution in [0.1, 0.15) is 22.8 Å². The van der Waals surface area contributed by atoms with Gasteiger partial charge in [0.25, 0.3) is 5.91 Å². The Hall–Kier alpha value is -3.94. The Morgan fingerprint density at radius 3 is 2.47 bits per heavy atom.